The van der Waals surface area contributed by atoms with Gasteiger partial charge in [0, 0.05) is 11.8 Å². The van der Waals surface area contributed by atoms with Crippen molar-refractivity contribution in [3.05, 3.63) is 35.4 Å². The molecule has 0 amide bonds. The second-order valence-corrected chi connectivity index (χ2v) is 9.13. The highest BCUT2D eigenvalue weighted by Gasteiger charge is 2.28. The highest BCUT2D eigenvalue weighted by Crippen LogP contribution is 2.28. The van der Waals surface area contributed by atoms with Crippen molar-refractivity contribution in [2.24, 2.45) is 5.92 Å². The minimum atomic E-state index is -2.76. The number of hydrogen-bond donors (Lipinski definition) is 1. The fraction of sp³-hybridized carbons (Fsp3) is 0.600. The molecule has 1 saturated heterocycles. The van der Waals surface area contributed by atoms with Gasteiger partial charge in [-0.25, -0.2) is 8.42 Å². The van der Waals surface area contributed by atoms with Crippen LogP contribution in [0.15, 0.2) is 24.3 Å². The molecule has 0 saturated carbocycles. The number of hydrogen-bond acceptors (Lipinski definition) is 4. The number of thioether (sulfide) groups is 1. The van der Waals surface area contributed by atoms with Crippen LogP contribution >= 0.6 is 11.8 Å². The van der Waals surface area contributed by atoms with Crippen molar-refractivity contribution in [2.45, 2.75) is 18.9 Å². The predicted molar refractivity (Wildman–Crippen MR) is 85.0 cm³/mol. The Labute approximate surface area is 125 Å². The van der Waals surface area contributed by atoms with Gasteiger partial charge in [-0.15, -0.1) is 0 Å². The van der Waals surface area contributed by atoms with E-state index >= 15 is 0 Å². The summed E-state index contributed by atoms with van der Waals surface area (Å²) in [6, 6.07) is 9.00. The zero-order chi connectivity index (χ0) is 14.0. The molecular formula is C15H21NO2S2. The van der Waals surface area contributed by atoms with Crippen LogP contribution in [0.25, 0.3) is 0 Å². The number of rotatable bonds is 3. The molecule has 0 radical (unpaired) electrons. The quantitative estimate of drug-likeness (QED) is 0.928. The molecular weight excluding hydrogens is 290 g/mol. The zero-order valence-corrected chi connectivity index (χ0v) is 13.2. The van der Waals surface area contributed by atoms with E-state index in [1.54, 1.807) is 0 Å². The van der Waals surface area contributed by atoms with Gasteiger partial charge >= 0.3 is 0 Å². The summed E-state index contributed by atoms with van der Waals surface area (Å²) in [7, 11) is -2.76. The van der Waals surface area contributed by atoms with E-state index in [1.165, 1.54) is 16.9 Å². The Bertz CT molecular complexity index is 571. The Morgan fingerprint density at radius 2 is 2.15 bits per heavy atom. The summed E-state index contributed by atoms with van der Waals surface area (Å²) in [5.74, 6) is 3.28. The SMILES string of the molecule is O=S1(=O)CC[C@H](CN[C@@H]2CSCCc3ccccc32)C1. The van der Waals surface area contributed by atoms with Gasteiger partial charge in [-0.1, -0.05) is 24.3 Å². The molecule has 2 heterocycles. The second kappa shape index (κ2) is 6.08. The standard InChI is InChI=1S/C15H21NO2S2/c17-20(18)8-6-12(11-20)9-16-15-10-19-7-5-13-3-1-2-4-14(13)15/h1-4,12,15-16H,5-11H2/t12-,15-/m1/s1. The average Bonchev–Trinajstić information content (AvgIpc) is 2.67. The zero-order valence-electron chi connectivity index (χ0n) is 11.5. The lowest BCUT2D eigenvalue weighted by Crippen LogP contribution is -2.29. The molecule has 20 heavy (non-hydrogen) atoms. The fourth-order valence-electron chi connectivity index (χ4n) is 3.09. The Morgan fingerprint density at radius 1 is 1.30 bits per heavy atom. The van der Waals surface area contributed by atoms with Gasteiger partial charge in [-0.3, -0.25) is 0 Å². The topological polar surface area (TPSA) is 46.2 Å². The maximum absolute atomic E-state index is 11.5. The summed E-state index contributed by atoms with van der Waals surface area (Å²) in [4.78, 5) is 0. The van der Waals surface area contributed by atoms with E-state index in [2.05, 4.69) is 29.6 Å². The summed E-state index contributed by atoms with van der Waals surface area (Å²) in [6.45, 7) is 0.818. The van der Waals surface area contributed by atoms with E-state index in [0.717, 1.165) is 25.1 Å². The molecule has 1 fully saturated rings. The number of nitrogens with one attached hydrogen (secondary N) is 1. The lowest BCUT2D eigenvalue weighted by molar-refractivity contribution is 0.479. The van der Waals surface area contributed by atoms with Gasteiger partial charge in [0.25, 0.3) is 0 Å². The highest BCUT2D eigenvalue weighted by atomic mass is 32.2. The Kier molecular flexibility index (Phi) is 4.38. The third-order valence-corrected chi connectivity index (χ3v) is 7.11. The normalized spacial score (nSPS) is 28.8. The van der Waals surface area contributed by atoms with Crippen molar-refractivity contribution in [2.75, 3.05) is 29.6 Å². The van der Waals surface area contributed by atoms with E-state index in [1.807, 2.05) is 11.8 Å². The summed E-state index contributed by atoms with van der Waals surface area (Å²) < 4.78 is 23.0. The van der Waals surface area contributed by atoms with E-state index in [-0.39, 0.29) is 0 Å². The molecule has 5 heteroatoms. The highest BCUT2D eigenvalue weighted by molar-refractivity contribution is 7.99. The van der Waals surface area contributed by atoms with Gasteiger partial charge in [-0.2, -0.15) is 11.8 Å². The van der Waals surface area contributed by atoms with Crippen molar-refractivity contribution in [1.29, 1.82) is 0 Å². The summed E-state index contributed by atoms with van der Waals surface area (Å²) >= 11 is 1.98. The first-order valence-electron chi connectivity index (χ1n) is 7.23. The summed E-state index contributed by atoms with van der Waals surface area (Å²) in [5.41, 5.74) is 2.84. The molecule has 1 aromatic carbocycles. The first-order chi connectivity index (χ1) is 9.64. The molecule has 3 nitrogen and oxygen atoms in total. The molecule has 1 N–H and O–H groups in total. The lowest BCUT2D eigenvalue weighted by Gasteiger charge is -2.20. The van der Waals surface area contributed by atoms with Crippen LogP contribution in [0.1, 0.15) is 23.6 Å². The van der Waals surface area contributed by atoms with Crippen molar-refractivity contribution < 1.29 is 8.42 Å². The molecule has 0 bridgehead atoms. The minimum absolute atomic E-state index is 0.292. The summed E-state index contributed by atoms with van der Waals surface area (Å²) in [6.07, 6.45) is 1.95. The summed E-state index contributed by atoms with van der Waals surface area (Å²) in [5, 5.41) is 3.61. The van der Waals surface area contributed by atoms with Crippen molar-refractivity contribution >= 4 is 21.6 Å². The van der Waals surface area contributed by atoms with Gasteiger partial charge in [0.2, 0.25) is 0 Å². The van der Waals surface area contributed by atoms with Crippen molar-refractivity contribution in [1.82, 2.24) is 5.32 Å². The molecule has 0 unspecified atom stereocenters. The van der Waals surface area contributed by atoms with Gasteiger partial charge < -0.3 is 5.32 Å². The van der Waals surface area contributed by atoms with Crippen LogP contribution in [-0.2, 0) is 16.3 Å². The molecule has 2 aliphatic heterocycles. The Hall–Kier alpha value is -0.520. The monoisotopic (exact) mass is 311 g/mol. The minimum Gasteiger partial charge on any atom is -0.309 e. The third kappa shape index (κ3) is 3.38. The van der Waals surface area contributed by atoms with Crippen LogP contribution in [0.2, 0.25) is 0 Å². The van der Waals surface area contributed by atoms with Crippen molar-refractivity contribution in [3.63, 3.8) is 0 Å². The first-order valence-corrected chi connectivity index (χ1v) is 10.2. The number of aryl methyl sites for hydroxylation is 1. The Balaban J connectivity index is 1.66. The molecule has 0 aromatic heterocycles. The molecule has 2 atom stereocenters. The van der Waals surface area contributed by atoms with Gasteiger partial charge in [0.05, 0.1) is 11.5 Å². The van der Waals surface area contributed by atoms with E-state index in [4.69, 9.17) is 0 Å². The number of fused-ring (bicyclic) bond motifs is 1. The fourth-order valence-corrected chi connectivity index (χ4v) is 6.01. The second-order valence-electron chi connectivity index (χ2n) is 5.75. The van der Waals surface area contributed by atoms with Crippen molar-refractivity contribution in [3.8, 4) is 0 Å². The lowest BCUT2D eigenvalue weighted by atomic mass is 9.99. The van der Waals surface area contributed by atoms with E-state index < -0.39 is 9.84 Å². The molecule has 110 valence electrons. The number of benzene rings is 1. The molecule has 2 aliphatic rings. The van der Waals surface area contributed by atoms with Gasteiger partial charge in [-0.05, 0) is 42.2 Å². The van der Waals surface area contributed by atoms with Crippen LogP contribution in [0.5, 0.6) is 0 Å². The van der Waals surface area contributed by atoms with Crippen LogP contribution < -0.4 is 5.32 Å². The molecule has 0 spiro atoms. The maximum atomic E-state index is 11.5. The molecule has 1 aromatic rings. The molecule has 3 rings (SSSR count). The maximum Gasteiger partial charge on any atom is 0.150 e. The first kappa shape index (κ1) is 14.4. The third-order valence-electron chi connectivity index (χ3n) is 4.21. The van der Waals surface area contributed by atoms with Gasteiger partial charge in [0.1, 0.15) is 0 Å². The smallest absolute Gasteiger partial charge is 0.150 e. The number of sulfone groups is 1. The van der Waals surface area contributed by atoms with Crippen LogP contribution in [-0.4, -0.2) is 38.0 Å². The van der Waals surface area contributed by atoms with Crippen LogP contribution in [0, 0.1) is 5.92 Å². The van der Waals surface area contributed by atoms with Crippen LogP contribution in [0.3, 0.4) is 0 Å². The van der Waals surface area contributed by atoms with Crippen LogP contribution in [0.4, 0.5) is 0 Å². The largest absolute Gasteiger partial charge is 0.309 e. The Morgan fingerprint density at radius 3 is 2.95 bits per heavy atom. The van der Waals surface area contributed by atoms with Gasteiger partial charge in [0.15, 0.2) is 9.84 Å². The molecule has 0 aliphatic carbocycles. The predicted octanol–water partition coefficient (Wildman–Crippen LogP) is 2.04. The van der Waals surface area contributed by atoms with E-state index in [9.17, 15) is 8.42 Å². The van der Waals surface area contributed by atoms with E-state index in [0.29, 0.717) is 23.5 Å². The average molecular weight is 311 g/mol.